The second-order valence-electron chi connectivity index (χ2n) is 16.8. The first-order chi connectivity index (χ1) is 15.2. The van der Waals surface area contributed by atoms with Crippen LogP contribution in [0.4, 0.5) is 0 Å². The zero-order valence-corrected chi connectivity index (χ0v) is 25.3. The van der Waals surface area contributed by atoms with Crippen molar-refractivity contribution in [1.29, 1.82) is 0 Å². The quantitative estimate of drug-likeness (QED) is 0.424. The molecule has 2 nitrogen and oxygen atoms in total. The van der Waals surface area contributed by atoms with Crippen LogP contribution in [-0.2, 0) is 0 Å². The minimum atomic E-state index is -0.212. The molecule has 0 aromatic heterocycles. The molecule has 0 spiro atoms. The number of hydrogen-bond acceptors (Lipinski definition) is 2. The first-order valence-electron chi connectivity index (χ1n) is 14.6. The third-order valence-electron chi connectivity index (χ3n) is 10.2. The van der Waals surface area contributed by atoms with Gasteiger partial charge in [-0.2, -0.15) is 0 Å². The number of aliphatic hydroxyl groups excluding tert-OH is 2. The maximum absolute atomic E-state index is 11.5. The summed E-state index contributed by atoms with van der Waals surface area (Å²) in [7, 11) is 0. The highest BCUT2D eigenvalue weighted by Gasteiger charge is 2.52. The van der Waals surface area contributed by atoms with Crippen LogP contribution in [0, 0.1) is 63.1 Å². The molecule has 0 heterocycles. The Hall–Kier alpha value is -0.0800. The highest BCUT2D eigenvalue weighted by atomic mass is 16.3. The van der Waals surface area contributed by atoms with Crippen LogP contribution in [0.5, 0.6) is 0 Å². The molecule has 0 bridgehead atoms. The Morgan fingerprint density at radius 1 is 0.529 bits per heavy atom. The fourth-order valence-corrected chi connectivity index (χ4v) is 7.97. The summed E-state index contributed by atoms with van der Waals surface area (Å²) >= 11 is 0. The smallest absolute Gasteiger partial charge is 0.0606 e. The van der Waals surface area contributed by atoms with Crippen molar-refractivity contribution in [3.8, 4) is 0 Å². The van der Waals surface area contributed by atoms with Gasteiger partial charge in [0.05, 0.1) is 12.2 Å². The maximum Gasteiger partial charge on any atom is 0.0606 e. The molecule has 202 valence electrons. The van der Waals surface area contributed by atoms with E-state index in [1.165, 1.54) is 12.8 Å². The maximum atomic E-state index is 11.5. The van der Waals surface area contributed by atoms with E-state index < -0.39 is 0 Å². The van der Waals surface area contributed by atoms with E-state index in [-0.39, 0.29) is 33.9 Å². The topological polar surface area (TPSA) is 40.5 Å². The van der Waals surface area contributed by atoms with Crippen LogP contribution in [0.25, 0.3) is 0 Å². The molecule has 0 aliphatic heterocycles. The predicted octanol–water partition coefficient (Wildman–Crippen LogP) is 8.59. The van der Waals surface area contributed by atoms with Crippen molar-refractivity contribution in [2.24, 2.45) is 63.1 Å². The van der Waals surface area contributed by atoms with Gasteiger partial charge in [0.2, 0.25) is 0 Å². The molecule has 2 aliphatic rings. The van der Waals surface area contributed by atoms with Crippen LogP contribution in [-0.4, -0.2) is 22.4 Å². The monoisotopic (exact) mass is 478 g/mol. The van der Waals surface area contributed by atoms with Gasteiger partial charge in [-0.25, -0.2) is 0 Å². The zero-order chi connectivity index (χ0) is 26.4. The van der Waals surface area contributed by atoms with Crippen molar-refractivity contribution >= 4 is 0 Å². The van der Waals surface area contributed by atoms with Gasteiger partial charge in [0.25, 0.3) is 0 Å². The highest BCUT2D eigenvalue weighted by Crippen LogP contribution is 2.56. The Morgan fingerprint density at radius 3 is 0.941 bits per heavy atom. The SMILES string of the molecule is CCCC(C1CC(C(C)(C)C)C(O)C(C(C)(C)C)C1)C1CC(C(C)(C)C)C(O)C(C(C)(C)C)C1. The van der Waals surface area contributed by atoms with Gasteiger partial charge in [-0.05, 0) is 88.8 Å². The van der Waals surface area contributed by atoms with Gasteiger partial charge in [-0.15, -0.1) is 0 Å². The Labute approximate surface area is 214 Å². The third-order valence-corrected chi connectivity index (χ3v) is 10.2. The summed E-state index contributed by atoms with van der Waals surface area (Å²) in [5.41, 5.74) is 0.456. The molecule has 0 aromatic rings. The molecule has 2 N–H and O–H groups in total. The lowest BCUT2D eigenvalue weighted by Crippen LogP contribution is -2.52. The van der Waals surface area contributed by atoms with Crippen molar-refractivity contribution in [3.05, 3.63) is 0 Å². The van der Waals surface area contributed by atoms with Crippen LogP contribution < -0.4 is 0 Å². The van der Waals surface area contributed by atoms with Crippen LogP contribution in [0.2, 0.25) is 0 Å². The van der Waals surface area contributed by atoms with Gasteiger partial charge >= 0.3 is 0 Å². The molecule has 2 aliphatic carbocycles. The van der Waals surface area contributed by atoms with Gasteiger partial charge < -0.3 is 10.2 Å². The molecular formula is C32H62O2. The van der Waals surface area contributed by atoms with Gasteiger partial charge in [0.15, 0.2) is 0 Å². The van der Waals surface area contributed by atoms with E-state index in [4.69, 9.17) is 0 Å². The Kier molecular flexibility index (Phi) is 9.18. The van der Waals surface area contributed by atoms with Gasteiger partial charge in [0.1, 0.15) is 0 Å². The average molecular weight is 479 g/mol. The lowest BCUT2D eigenvalue weighted by molar-refractivity contribution is -0.119. The Bertz CT molecular complexity index is 536. The van der Waals surface area contributed by atoms with Crippen LogP contribution >= 0.6 is 0 Å². The van der Waals surface area contributed by atoms with Gasteiger partial charge in [-0.3, -0.25) is 0 Å². The molecule has 4 unspecified atom stereocenters. The summed E-state index contributed by atoms with van der Waals surface area (Å²) < 4.78 is 0. The summed E-state index contributed by atoms with van der Waals surface area (Å²) in [4.78, 5) is 0. The molecule has 2 heteroatoms. The number of rotatable bonds is 4. The van der Waals surface area contributed by atoms with E-state index in [0.717, 1.165) is 25.7 Å². The molecule has 0 amide bonds. The minimum absolute atomic E-state index is 0.114. The first kappa shape index (κ1) is 30.1. The van der Waals surface area contributed by atoms with E-state index in [1.54, 1.807) is 0 Å². The van der Waals surface area contributed by atoms with E-state index in [9.17, 15) is 10.2 Å². The molecule has 2 fully saturated rings. The van der Waals surface area contributed by atoms with Crippen LogP contribution in [0.1, 0.15) is 129 Å². The van der Waals surface area contributed by atoms with Crippen molar-refractivity contribution in [3.63, 3.8) is 0 Å². The van der Waals surface area contributed by atoms with Crippen LogP contribution in [0.3, 0.4) is 0 Å². The third kappa shape index (κ3) is 6.81. The number of aliphatic hydroxyl groups is 2. The summed E-state index contributed by atoms with van der Waals surface area (Å²) in [6.07, 6.45) is 6.70. The summed E-state index contributed by atoms with van der Waals surface area (Å²) in [6, 6.07) is 0. The summed E-state index contributed by atoms with van der Waals surface area (Å²) in [5, 5.41) is 23.1. The first-order valence-corrected chi connectivity index (χ1v) is 14.6. The van der Waals surface area contributed by atoms with Crippen molar-refractivity contribution < 1.29 is 10.2 Å². The lowest BCUT2D eigenvalue weighted by atomic mass is 9.52. The van der Waals surface area contributed by atoms with Crippen LogP contribution in [0.15, 0.2) is 0 Å². The van der Waals surface area contributed by atoms with Crippen molar-refractivity contribution in [2.75, 3.05) is 0 Å². The Morgan fingerprint density at radius 2 is 0.765 bits per heavy atom. The fourth-order valence-electron chi connectivity index (χ4n) is 7.97. The van der Waals surface area contributed by atoms with E-state index in [1.807, 2.05) is 0 Å². The molecule has 0 radical (unpaired) electrons. The lowest BCUT2D eigenvalue weighted by Gasteiger charge is -2.55. The van der Waals surface area contributed by atoms with Crippen molar-refractivity contribution in [1.82, 2.24) is 0 Å². The zero-order valence-electron chi connectivity index (χ0n) is 25.3. The van der Waals surface area contributed by atoms with E-state index >= 15 is 0 Å². The number of hydrogen-bond donors (Lipinski definition) is 2. The molecule has 2 saturated carbocycles. The highest BCUT2D eigenvalue weighted by molar-refractivity contribution is 5.01. The average Bonchev–Trinajstić information content (AvgIpc) is 2.63. The molecular weight excluding hydrogens is 416 g/mol. The second kappa shape index (κ2) is 10.4. The predicted molar refractivity (Wildman–Crippen MR) is 148 cm³/mol. The Balaban J connectivity index is 2.47. The molecule has 2 rings (SSSR count). The van der Waals surface area contributed by atoms with Crippen molar-refractivity contribution in [2.45, 2.75) is 141 Å². The van der Waals surface area contributed by atoms with E-state index in [2.05, 4.69) is 90.0 Å². The molecule has 4 atom stereocenters. The second-order valence-corrected chi connectivity index (χ2v) is 16.8. The minimum Gasteiger partial charge on any atom is -0.393 e. The standard InChI is InChI=1S/C32H62O2/c1-14-15-22(20-16-23(29(2,3)4)27(33)24(17-20)30(5,6)7)21-18-25(31(8,9)10)28(34)26(19-21)32(11,12)13/h20-28,33-34H,14-19H2,1-13H3. The molecule has 0 saturated heterocycles. The molecule has 34 heavy (non-hydrogen) atoms. The molecule has 0 aromatic carbocycles. The fraction of sp³-hybridized carbons (Fsp3) is 1.00. The van der Waals surface area contributed by atoms with Gasteiger partial charge in [-0.1, -0.05) is 103 Å². The summed E-state index contributed by atoms with van der Waals surface area (Å²) in [5.74, 6) is 3.41. The normalized spacial score (nSPS) is 37.5. The van der Waals surface area contributed by atoms with Gasteiger partial charge in [0, 0.05) is 0 Å². The van der Waals surface area contributed by atoms with E-state index in [0.29, 0.717) is 41.4 Å². The largest absolute Gasteiger partial charge is 0.393 e. The summed E-state index contributed by atoms with van der Waals surface area (Å²) in [6.45, 7) is 30.4.